The van der Waals surface area contributed by atoms with Crippen molar-refractivity contribution in [3.05, 3.63) is 35.4 Å². The monoisotopic (exact) mass is 160 g/mol. The summed E-state index contributed by atoms with van der Waals surface area (Å²) in [5.41, 5.74) is 2.34. The number of nitrogens with zero attached hydrogens (tertiary/aromatic N) is 2. The number of aryl methyl sites for hydroxylation is 1. The molecule has 0 bridgehead atoms. The Morgan fingerprint density at radius 2 is 1.75 bits per heavy atom. The second kappa shape index (κ2) is 2.41. The molecule has 1 heterocycles. The van der Waals surface area contributed by atoms with E-state index in [9.17, 15) is 0 Å². The molecule has 12 heavy (non-hydrogen) atoms. The molecule has 2 nitrogen and oxygen atoms in total. The van der Waals surface area contributed by atoms with Gasteiger partial charge in [-0.1, -0.05) is 31.2 Å². The van der Waals surface area contributed by atoms with Crippen LogP contribution in [0.2, 0.25) is 0 Å². The predicted molar refractivity (Wildman–Crippen MR) is 48.0 cm³/mol. The minimum absolute atomic E-state index is 0.216. The Bertz CT molecular complexity index is 305. The smallest absolute Gasteiger partial charge is 0.154 e. The second-order valence-corrected chi connectivity index (χ2v) is 3.27. The third-order valence-electron chi connectivity index (χ3n) is 2.31. The topological polar surface area (TPSA) is 24.7 Å². The van der Waals surface area contributed by atoms with E-state index in [1.54, 1.807) is 0 Å². The van der Waals surface area contributed by atoms with Crippen LogP contribution in [0.15, 0.2) is 34.5 Å². The maximum Gasteiger partial charge on any atom is 0.213 e. The Kier molecular flexibility index (Phi) is 1.50. The largest absolute Gasteiger partial charge is 0.213 e. The number of hydrogen-bond donors (Lipinski definition) is 0. The Morgan fingerprint density at radius 1 is 1.17 bits per heavy atom. The van der Waals surface area contributed by atoms with Crippen molar-refractivity contribution in [3.63, 3.8) is 0 Å². The van der Waals surface area contributed by atoms with Crippen molar-refractivity contribution >= 4 is 0 Å². The molecular weight excluding hydrogens is 148 g/mol. The summed E-state index contributed by atoms with van der Waals surface area (Å²) in [4.78, 5) is 0. The van der Waals surface area contributed by atoms with Gasteiger partial charge in [-0.15, -0.1) is 0 Å². The molecule has 1 aromatic rings. The highest BCUT2D eigenvalue weighted by Crippen LogP contribution is 2.38. The van der Waals surface area contributed by atoms with Crippen molar-refractivity contribution in [3.8, 4) is 0 Å². The summed E-state index contributed by atoms with van der Waals surface area (Å²) in [5, 5.41) is 7.97. The molecule has 2 rings (SSSR count). The van der Waals surface area contributed by atoms with E-state index in [4.69, 9.17) is 0 Å². The van der Waals surface area contributed by atoms with E-state index in [1.165, 1.54) is 11.1 Å². The van der Waals surface area contributed by atoms with E-state index in [0.717, 1.165) is 6.42 Å². The van der Waals surface area contributed by atoms with Crippen molar-refractivity contribution in [2.75, 3.05) is 0 Å². The minimum atomic E-state index is -0.216. The third-order valence-corrected chi connectivity index (χ3v) is 2.31. The third kappa shape index (κ3) is 1.13. The Hall–Kier alpha value is -1.18. The summed E-state index contributed by atoms with van der Waals surface area (Å²) in [5.74, 6) is 0. The molecule has 1 aliphatic rings. The first kappa shape index (κ1) is 7.47. The lowest BCUT2D eigenvalue weighted by Gasteiger charge is -2.04. The molecule has 0 N–H and O–H groups in total. The van der Waals surface area contributed by atoms with Crippen molar-refractivity contribution in [2.45, 2.75) is 25.9 Å². The average Bonchev–Trinajstić information content (AvgIpc) is 2.85. The first-order valence-corrected chi connectivity index (χ1v) is 4.28. The molecule has 0 saturated heterocycles. The highest BCUT2D eigenvalue weighted by Gasteiger charge is 2.35. The van der Waals surface area contributed by atoms with Crippen LogP contribution in [0.4, 0.5) is 0 Å². The summed E-state index contributed by atoms with van der Waals surface area (Å²) < 4.78 is 0. The van der Waals surface area contributed by atoms with Gasteiger partial charge in [0.1, 0.15) is 0 Å². The maximum atomic E-state index is 3.99. The standard InChI is InChI=1S/C10H12N2/c1-3-8-4-6-9(7-5-8)10(2)11-12-10/h4-7H,3H2,1-2H3. The quantitative estimate of drug-likeness (QED) is 0.635. The zero-order chi connectivity index (χ0) is 8.60. The van der Waals surface area contributed by atoms with Crippen LogP contribution in [0, 0.1) is 0 Å². The first-order chi connectivity index (χ1) is 5.74. The maximum absolute atomic E-state index is 3.99. The van der Waals surface area contributed by atoms with Gasteiger partial charge >= 0.3 is 0 Å². The molecule has 1 aromatic carbocycles. The predicted octanol–water partition coefficient (Wildman–Crippen LogP) is 2.89. The Morgan fingerprint density at radius 3 is 2.17 bits per heavy atom. The molecule has 62 valence electrons. The molecule has 0 aromatic heterocycles. The van der Waals surface area contributed by atoms with Crippen molar-refractivity contribution < 1.29 is 0 Å². The fraction of sp³-hybridized carbons (Fsp3) is 0.400. The summed E-state index contributed by atoms with van der Waals surface area (Å²) in [6, 6.07) is 8.51. The Labute approximate surface area is 72.3 Å². The van der Waals surface area contributed by atoms with E-state index in [-0.39, 0.29) is 5.66 Å². The second-order valence-electron chi connectivity index (χ2n) is 3.27. The normalized spacial score (nSPS) is 17.8. The Balaban J connectivity index is 2.25. The summed E-state index contributed by atoms with van der Waals surface area (Å²) in [6.45, 7) is 4.18. The minimum Gasteiger partial charge on any atom is -0.154 e. The SMILES string of the molecule is CCc1ccc(C2(C)N=N2)cc1. The van der Waals surface area contributed by atoms with E-state index in [2.05, 4.69) is 41.4 Å². The first-order valence-electron chi connectivity index (χ1n) is 4.28. The van der Waals surface area contributed by atoms with Crippen LogP contribution >= 0.6 is 0 Å². The molecule has 0 spiro atoms. The molecular formula is C10H12N2. The van der Waals surface area contributed by atoms with Gasteiger partial charge in [0.15, 0.2) is 0 Å². The van der Waals surface area contributed by atoms with Crippen LogP contribution in [0.3, 0.4) is 0 Å². The van der Waals surface area contributed by atoms with Crippen LogP contribution in [0.1, 0.15) is 25.0 Å². The lowest BCUT2D eigenvalue weighted by Crippen LogP contribution is -2.00. The van der Waals surface area contributed by atoms with Gasteiger partial charge in [-0.2, -0.15) is 10.2 Å². The van der Waals surface area contributed by atoms with Gasteiger partial charge in [0, 0.05) is 5.56 Å². The van der Waals surface area contributed by atoms with Crippen LogP contribution in [-0.2, 0) is 12.1 Å². The summed E-state index contributed by atoms with van der Waals surface area (Å²) in [6.07, 6.45) is 1.09. The van der Waals surface area contributed by atoms with E-state index >= 15 is 0 Å². The van der Waals surface area contributed by atoms with Gasteiger partial charge in [-0.05, 0) is 18.9 Å². The van der Waals surface area contributed by atoms with Crippen LogP contribution in [-0.4, -0.2) is 0 Å². The molecule has 1 aliphatic heterocycles. The van der Waals surface area contributed by atoms with Gasteiger partial charge in [0.2, 0.25) is 5.66 Å². The van der Waals surface area contributed by atoms with Gasteiger partial charge in [0.25, 0.3) is 0 Å². The van der Waals surface area contributed by atoms with Gasteiger partial charge in [-0.25, -0.2) is 0 Å². The number of benzene rings is 1. The highest BCUT2D eigenvalue weighted by atomic mass is 15.4. The zero-order valence-corrected chi connectivity index (χ0v) is 7.41. The highest BCUT2D eigenvalue weighted by molar-refractivity contribution is 5.29. The fourth-order valence-corrected chi connectivity index (χ4v) is 1.25. The van der Waals surface area contributed by atoms with Crippen molar-refractivity contribution in [2.24, 2.45) is 10.2 Å². The average molecular weight is 160 g/mol. The van der Waals surface area contributed by atoms with Crippen LogP contribution in [0.25, 0.3) is 0 Å². The van der Waals surface area contributed by atoms with Crippen molar-refractivity contribution in [1.29, 1.82) is 0 Å². The molecule has 0 radical (unpaired) electrons. The van der Waals surface area contributed by atoms with E-state index < -0.39 is 0 Å². The molecule has 0 atom stereocenters. The fourth-order valence-electron chi connectivity index (χ4n) is 1.25. The lowest BCUT2D eigenvalue weighted by molar-refractivity contribution is 0.728. The van der Waals surface area contributed by atoms with Crippen molar-refractivity contribution in [1.82, 2.24) is 0 Å². The molecule has 0 amide bonds. The summed E-state index contributed by atoms with van der Waals surface area (Å²) >= 11 is 0. The van der Waals surface area contributed by atoms with Gasteiger partial charge in [-0.3, -0.25) is 0 Å². The van der Waals surface area contributed by atoms with Gasteiger partial charge < -0.3 is 0 Å². The summed E-state index contributed by atoms with van der Waals surface area (Å²) in [7, 11) is 0. The van der Waals surface area contributed by atoms with Crippen LogP contribution in [0.5, 0.6) is 0 Å². The van der Waals surface area contributed by atoms with E-state index in [0.29, 0.717) is 0 Å². The molecule has 0 aliphatic carbocycles. The zero-order valence-electron chi connectivity index (χ0n) is 7.41. The lowest BCUT2D eigenvalue weighted by atomic mass is 10.0. The number of hydrogen-bond acceptors (Lipinski definition) is 2. The van der Waals surface area contributed by atoms with Crippen LogP contribution < -0.4 is 0 Å². The molecule has 0 saturated carbocycles. The van der Waals surface area contributed by atoms with Gasteiger partial charge in [0.05, 0.1) is 0 Å². The number of rotatable bonds is 2. The molecule has 0 unspecified atom stereocenters. The molecule has 0 fully saturated rings. The van der Waals surface area contributed by atoms with E-state index in [1.807, 2.05) is 6.92 Å². The molecule has 2 heteroatoms.